The number of hydrogen-bond donors (Lipinski definition) is 1. The first-order chi connectivity index (χ1) is 20.1. The van der Waals surface area contributed by atoms with Gasteiger partial charge < -0.3 is 10.2 Å². The standard InChI is InChI=1S/C30H32BrClF3N3O4S/c1-4-20(2)36-29(40)27(16-21-9-6-5-7-10-21)37(18-22-11-8-12-24(31)15-22)28(39)19-38(43(3,41)42)26-17-23(30(33,34)35)13-14-25(26)32/h5-15,17,20,27H,4,16,18-19H2,1-3H3,(H,36,40)/t20-,27-/m0/s1. The molecule has 0 bridgehead atoms. The van der Waals surface area contributed by atoms with Crippen LogP contribution in [-0.2, 0) is 38.8 Å². The van der Waals surface area contributed by atoms with Crippen LogP contribution in [0, 0.1) is 0 Å². The molecule has 13 heteroatoms. The van der Waals surface area contributed by atoms with E-state index in [-0.39, 0.29) is 24.0 Å². The minimum Gasteiger partial charge on any atom is -0.352 e. The van der Waals surface area contributed by atoms with Gasteiger partial charge in [-0.2, -0.15) is 13.2 Å². The van der Waals surface area contributed by atoms with Crippen molar-refractivity contribution in [3.05, 3.63) is 99.0 Å². The zero-order chi connectivity index (χ0) is 31.9. The average molecular weight is 703 g/mol. The van der Waals surface area contributed by atoms with Crippen LogP contribution in [0.3, 0.4) is 0 Å². The molecule has 2 amide bonds. The van der Waals surface area contributed by atoms with Gasteiger partial charge >= 0.3 is 6.18 Å². The van der Waals surface area contributed by atoms with Crippen LogP contribution in [0.5, 0.6) is 0 Å². The van der Waals surface area contributed by atoms with Crippen LogP contribution in [0.1, 0.15) is 37.0 Å². The summed E-state index contributed by atoms with van der Waals surface area (Å²) in [5.74, 6) is -1.26. The van der Waals surface area contributed by atoms with Crippen molar-refractivity contribution < 1.29 is 31.2 Å². The van der Waals surface area contributed by atoms with E-state index in [1.807, 2.05) is 19.9 Å². The summed E-state index contributed by atoms with van der Waals surface area (Å²) in [6.45, 7) is 2.73. The van der Waals surface area contributed by atoms with Gasteiger partial charge in [0.2, 0.25) is 21.8 Å². The number of alkyl halides is 3. The lowest BCUT2D eigenvalue weighted by Crippen LogP contribution is -2.54. The van der Waals surface area contributed by atoms with E-state index >= 15 is 0 Å². The van der Waals surface area contributed by atoms with E-state index in [1.54, 1.807) is 48.5 Å². The summed E-state index contributed by atoms with van der Waals surface area (Å²) in [5, 5.41) is 2.62. The van der Waals surface area contributed by atoms with Crippen molar-refractivity contribution in [2.75, 3.05) is 17.1 Å². The second kappa shape index (κ2) is 14.6. The highest BCUT2D eigenvalue weighted by Crippen LogP contribution is 2.36. The number of nitrogens with zero attached hydrogens (tertiary/aromatic N) is 2. The molecular formula is C30H32BrClF3N3O4S. The second-order valence-corrected chi connectivity index (χ2v) is 13.3. The lowest BCUT2D eigenvalue weighted by molar-refractivity contribution is -0.140. The molecule has 0 fully saturated rings. The Morgan fingerprint density at radius 2 is 1.65 bits per heavy atom. The molecule has 1 N–H and O–H groups in total. The fourth-order valence-electron chi connectivity index (χ4n) is 4.30. The van der Waals surface area contributed by atoms with Crippen molar-refractivity contribution in [1.29, 1.82) is 0 Å². The quantitative estimate of drug-likeness (QED) is 0.236. The molecule has 3 aromatic carbocycles. The van der Waals surface area contributed by atoms with Crippen molar-refractivity contribution in [2.24, 2.45) is 0 Å². The zero-order valence-corrected chi connectivity index (χ0v) is 26.9. The van der Waals surface area contributed by atoms with E-state index in [0.29, 0.717) is 22.4 Å². The third kappa shape index (κ3) is 9.70. The summed E-state index contributed by atoms with van der Waals surface area (Å²) in [6, 6.07) is 17.0. The van der Waals surface area contributed by atoms with Crippen LogP contribution >= 0.6 is 27.5 Å². The minimum absolute atomic E-state index is 0.0857. The average Bonchev–Trinajstić information content (AvgIpc) is 2.93. The van der Waals surface area contributed by atoms with Gasteiger partial charge in [-0.15, -0.1) is 0 Å². The Morgan fingerprint density at radius 3 is 2.23 bits per heavy atom. The molecule has 232 valence electrons. The third-order valence-electron chi connectivity index (χ3n) is 6.74. The molecule has 0 unspecified atom stereocenters. The Hall–Kier alpha value is -3.09. The Morgan fingerprint density at radius 1 is 1.00 bits per heavy atom. The summed E-state index contributed by atoms with van der Waals surface area (Å²) in [5.41, 5.74) is -0.243. The van der Waals surface area contributed by atoms with Crippen molar-refractivity contribution in [3.63, 3.8) is 0 Å². The Bertz CT molecular complexity index is 1540. The molecule has 0 aromatic heterocycles. The number of halogens is 5. The lowest BCUT2D eigenvalue weighted by Gasteiger charge is -2.34. The van der Waals surface area contributed by atoms with Gasteiger partial charge in [-0.3, -0.25) is 13.9 Å². The van der Waals surface area contributed by atoms with Crippen LogP contribution < -0.4 is 9.62 Å². The van der Waals surface area contributed by atoms with Gasteiger partial charge in [-0.1, -0.05) is 76.9 Å². The Balaban J connectivity index is 2.12. The summed E-state index contributed by atoms with van der Waals surface area (Å²) in [7, 11) is -4.31. The number of anilines is 1. The van der Waals surface area contributed by atoms with Gasteiger partial charge in [-0.25, -0.2) is 8.42 Å². The molecule has 0 heterocycles. The van der Waals surface area contributed by atoms with E-state index in [9.17, 15) is 31.2 Å². The zero-order valence-electron chi connectivity index (χ0n) is 23.7. The monoisotopic (exact) mass is 701 g/mol. The van der Waals surface area contributed by atoms with Crippen molar-refractivity contribution in [3.8, 4) is 0 Å². The molecule has 7 nitrogen and oxygen atoms in total. The van der Waals surface area contributed by atoms with Crippen molar-refractivity contribution in [2.45, 2.75) is 51.5 Å². The van der Waals surface area contributed by atoms with Crippen LogP contribution in [0.25, 0.3) is 0 Å². The molecule has 3 aromatic rings. The fraction of sp³-hybridized carbons (Fsp3) is 0.333. The molecule has 43 heavy (non-hydrogen) atoms. The van der Waals surface area contributed by atoms with Gasteiger partial charge in [0.1, 0.15) is 12.6 Å². The highest BCUT2D eigenvalue weighted by molar-refractivity contribution is 9.10. The maximum atomic E-state index is 14.1. The van der Waals surface area contributed by atoms with E-state index in [1.165, 1.54) is 4.90 Å². The first kappa shape index (κ1) is 34.4. The lowest BCUT2D eigenvalue weighted by atomic mass is 10.0. The number of hydrogen-bond acceptors (Lipinski definition) is 4. The molecule has 0 radical (unpaired) electrons. The van der Waals surface area contributed by atoms with Crippen molar-refractivity contribution >= 4 is 55.1 Å². The first-order valence-electron chi connectivity index (χ1n) is 13.3. The van der Waals surface area contributed by atoms with Crippen LogP contribution in [0.4, 0.5) is 18.9 Å². The topological polar surface area (TPSA) is 86.8 Å². The number of carbonyl (C=O) groups excluding carboxylic acids is 2. The van der Waals surface area contributed by atoms with Gasteiger partial charge in [-0.05, 0) is 54.8 Å². The highest BCUT2D eigenvalue weighted by atomic mass is 79.9. The fourth-order valence-corrected chi connectivity index (χ4v) is 5.87. The molecule has 0 saturated carbocycles. The van der Waals surface area contributed by atoms with Gasteiger partial charge in [0.05, 0.1) is 22.5 Å². The summed E-state index contributed by atoms with van der Waals surface area (Å²) in [4.78, 5) is 29.1. The molecule has 3 rings (SSSR count). The molecule has 2 atom stereocenters. The van der Waals surface area contributed by atoms with Gasteiger partial charge in [0.15, 0.2) is 0 Å². The molecule has 0 aliphatic rings. The van der Waals surface area contributed by atoms with Crippen molar-refractivity contribution in [1.82, 2.24) is 10.2 Å². The second-order valence-electron chi connectivity index (χ2n) is 10.1. The molecule has 0 aliphatic heterocycles. The SMILES string of the molecule is CC[C@H](C)NC(=O)[C@H](Cc1ccccc1)N(Cc1cccc(Br)c1)C(=O)CN(c1cc(C(F)(F)F)ccc1Cl)S(C)(=O)=O. The maximum Gasteiger partial charge on any atom is 0.416 e. The number of carbonyl (C=O) groups is 2. The number of sulfonamides is 1. The molecule has 0 saturated heterocycles. The normalized spacial score (nSPS) is 13.2. The first-order valence-corrected chi connectivity index (χ1v) is 16.3. The Labute approximate surface area is 263 Å². The Kier molecular flexibility index (Phi) is 11.7. The van der Waals surface area contributed by atoms with E-state index in [4.69, 9.17) is 11.6 Å². The largest absolute Gasteiger partial charge is 0.416 e. The maximum absolute atomic E-state index is 14.1. The van der Waals surface area contributed by atoms with Crippen LogP contribution in [0.2, 0.25) is 5.02 Å². The number of benzene rings is 3. The van der Waals surface area contributed by atoms with Crippen LogP contribution in [0.15, 0.2) is 77.3 Å². The number of amides is 2. The molecule has 0 aliphatic carbocycles. The molecular weight excluding hydrogens is 671 g/mol. The van der Waals surface area contributed by atoms with Gasteiger partial charge in [0.25, 0.3) is 0 Å². The predicted octanol–water partition coefficient (Wildman–Crippen LogP) is 6.44. The van der Waals surface area contributed by atoms with E-state index < -0.39 is 51.9 Å². The predicted molar refractivity (Wildman–Crippen MR) is 165 cm³/mol. The highest BCUT2D eigenvalue weighted by Gasteiger charge is 2.36. The third-order valence-corrected chi connectivity index (χ3v) is 8.67. The van der Waals surface area contributed by atoms with E-state index in [2.05, 4.69) is 21.2 Å². The number of rotatable bonds is 12. The summed E-state index contributed by atoms with van der Waals surface area (Å²) < 4.78 is 67.7. The molecule has 0 spiro atoms. The van der Waals surface area contributed by atoms with E-state index in [0.717, 1.165) is 28.4 Å². The van der Waals surface area contributed by atoms with Crippen LogP contribution in [-0.4, -0.2) is 50.0 Å². The van der Waals surface area contributed by atoms with Gasteiger partial charge in [0, 0.05) is 23.5 Å². The number of nitrogens with one attached hydrogen (secondary N) is 1. The minimum atomic E-state index is -4.78. The summed E-state index contributed by atoms with van der Waals surface area (Å²) in [6.07, 6.45) is -3.29. The summed E-state index contributed by atoms with van der Waals surface area (Å²) >= 11 is 9.58. The smallest absolute Gasteiger partial charge is 0.352 e.